The van der Waals surface area contributed by atoms with Crippen molar-refractivity contribution in [1.82, 2.24) is 0 Å². The molecular formula is C48H61Cl3O6P2. The van der Waals surface area contributed by atoms with E-state index < -0.39 is 46.0 Å². The van der Waals surface area contributed by atoms with Crippen LogP contribution in [0.15, 0.2) is 48.5 Å². The fourth-order valence-corrected chi connectivity index (χ4v) is 15.4. The highest BCUT2D eigenvalue weighted by Crippen LogP contribution is 2.76. The third-order valence-electron chi connectivity index (χ3n) is 11.0. The van der Waals surface area contributed by atoms with Crippen LogP contribution in [-0.2, 0) is 43.6 Å². The first-order valence-electron chi connectivity index (χ1n) is 20.3. The van der Waals surface area contributed by atoms with Gasteiger partial charge in [-0.3, -0.25) is 0 Å². The fraction of sp³-hybridized carbons (Fsp3) is 0.500. The molecular weight excluding hydrogens is 841 g/mol. The maximum absolute atomic E-state index is 16.8. The Morgan fingerprint density at radius 1 is 0.424 bits per heavy atom. The quantitative estimate of drug-likeness (QED) is 0.147. The monoisotopic (exact) mass is 900 g/mol. The van der Waals surface area contributed by atoms with Gasteiger partial charge in [-0.2, -0.15) is 0 Å². The second kappa shape index (κ2) is 15.0. The van der Waals surface area contributed by atoms with Crippen LogP contribution in [0.25, 0.3) is 0 Å². The molecule has 2 aliphatic heterocycles. The summed E-state index contributed by atoms with van der Waals surface area (Å²) in [7, 11) is -10.1. The van der Waals surface area contributed by atoms with Gasteiger partial charge in [0.2, 0.25) is 3.79 Å². The lowest BCUT2D eigenvalue weighted by atomic mass is 9.81. The smallest absolute Gasteiger partial charge is 0.415 e. The van der Waals surface area contributed by atoms with Crippen molar-refractivity contribution in [3.8, 4) is 23.0 Å². The summed E-state index contributed by atoms with van der Waals surface area (Å²) in [6.45, 7) is 32.8. The van der Waals surface area contributed by atoms with Gasteiger partial charge in [-0.15, -0.1) is 0 Å². The number of halogens is 3. The van der Waals surface area contributed by atoms with E-state index in [2.05, 4.69) is 83.1 Å². The zero-order valence-corrected chi connectivity index (χ0v) is 41.6. The molecule has 0 radical (unpaired) electrons. The predicted molar refractivity (Wildman–Crippen MR) is 247 cm³/mol. The molecule has 0 amide bonds. The van der Waals surface area contributed by atoms with E-state index in [0.29, 0.717) is 35.8 Å². The molecule has 0 saturated carbocycles. The van der Waals surface area contributed by atoms with Crippen molar-refractivity contribution in [3.63, 3.8) is 0 Å². The molecule has 0 fully saturated rings. The molecule has 0 aromatic heterocycles. The average Bonchev–Trinajstić information content (AvgIpc) is 3.01. The number of hydrogen-bond acceptors (Lipinski definition) is 6. The minimum absolute atomic E-state index is 0.326. The summed E-state index contributed by atoms with van der Waals surface area (Å²) in [5.41, 5.74) is 8.24. The molecule has 0 N–H and O–H groups in total. The van der Waals surface area contributed by atoms with E-state index in [1.165, 1.54) is 0 Å². The highest BCUT2D eigenvalue weighted by molar-refractivity contribution is 7.74. The summed E-state index contributed by atoms with van der Waals surface area (Å²) < 4.78 is 58.7. The van der Waals surface area contributed by atoms with Gasteiger partial charge in [-0.25, -0.2) is 9.13 Å². The van der Waals surface area contributed by atoms with Crippen LogP contribution < -0.4 is 18.1 Å². The number of rotatable bonds is 2. The minimum Gasteiger partial charge on any atom is -0.415 e. The Morgan fingerprint density at radius 3 is 0.797 bits per heavy atom. The standard InChI is InChI=1S/C48H61Cl3O6P2/c1-27-17-31-25-32-18-28(2)22-36(45(8,9)10)40(32)55-58(52,54-39(31)35(21-27)44(5,6)7)43(48(49,50)51)59(53)56-41-33(19-29(3)23-37(41)46(11,12)13)26-34-20-30(4)24-38(42(34)57-59)47(14,15)16/h17-24,43H,25-26H2,1-16H3. The van der Waals surface area contributed by atoms with Gasteiger partial charge in [0, 0.05) is 35.1 Å². The van der Waals surface area contributed by atoms with Crippen molar-refractivity contribution >= 4 is 50.0 Å². The molecule has 2 aliphatic rings. The summed E-state index contributed by atoms with van der Waals surface area (Å²) >= 11 is 21.4. The number of fused-ring (bicyclic) bond motifs is 4. The number of benzene rings is 4. The van der Waals surface area contributed by atoms with Crippen LogP contribution in [0.1, 0.15) is 150 Å². The molecule has 4 aromatic carbocycles. The van der Waals surface area contributed by atoms with Gasteiger partial charge >= 0.3 is 15.2 Å². The fourth-order valence-electron chi connectivity index (χ4n) is 8.27. The molecule has 0 atom stereocenters. The van der Waals surface area contributed by atoms with Crippen molar-refractivity contribution in [2.24, 2.45) is 0 Å². The Hall–Kier alpha value is -2.59. The zero-order chi connectivity index (χ0) is 44.2. The van der Waals surface area contributed by atoms with Gasteiger partial charge in [-0.1, -0.05) is 189 Å². The Balaban J connectivity index is 1.77. The van der Waals surface area contributed by atoms with E-state index in [9.17, 15) is 0 Å². The maximum atomic E-state index is 16.8. The largest absolute Gasteiger partial charge is 0.452 e. The number of alkyl halides is 3. The molecule has 0 bridgehead atoms. The second-order valence-electron chi connectivity index (χ2n) is 20.9. The van der Waals surface area contributed by atoms with Crippen LogP contribution in [0.5, 0.6) is 23.0 Å². The zero-order valence-electron chi connectivity index (χ0n) is 37.6. The summed E-state index contributed by atoms with van der Waals surface area (Å²) in [4.78, 5) is 0. The molecule has 0 aliphatic carbocycles. The highest BCUT2D eigenvalue weighted by atomic mass is 35.6. The molecule has 6 nitrogen and oxygen atoms in total. The predicted octanol–water partition coefficient (Wildman–Crippen LogP) is 15.6. The summed E-state index contributed by atoms with van der Waals surface area (Å²) in [6, 6.07) is 16.2. The first-order chi connectivity index (χ1) is 26.7. The van der Waals surface area contributed by atoms with Crippen molar-refractivity contribution in [2.45, 2.75) is 154 Å². The van der Waals surface area contributed by atoms with Gasteiger partial charge in [0.05, 0.1) is 0 Å². The third-order valence-corrected chi connectivity index (χ3v) is 18.0. The van der Waals surface area contributed by atoms with E-state index in [1.807, 2.05) is 76.2 Å². The summed E-state index contributed by atoms with van der Waals surface area (Å²) in [5, 5.41) is -2.10. The molecule has 2 heterocycles. The van der Waals surface area contributed by atoms with Crippen molar-refractivity contribution in [3.05, 3.63) is 115 Å². The lowest BCUT2D eigenvalue weighted by Crippen LogP contribution is -2.35. The lowest BCUT2D eigenvalue weighted by molar-refractivity contribution is 0.339. The van der Waals surface area contributed by atoms with Crippen LogP contribution >= 0.6 is 50.0 Å². The van der Waals surface area contributed by atoms with Crippen LogP contribution in [0.2, 0.25) is 0 Å². The number of hydrogen-bond donors (Lipinski definition) is 0. The van der Waals surface area contributed by atoms with E-state index in [0.717, 1.165) is 66.8 Å². The minimum atomic E-state index is -5.03. The van der Waals surface area contributed by atoms with Gasteiger partial charge < -0.3 is 18.1 Å². The van der Waals surface area contributed by atoms with Crippen LogP contribution in [0, 0.1) is 27.7 Å². The van der Waals surface area contributed by atoms with E-state index in [4.69, 9.17) is 52.9 Å². The van der Waals surface area contributed by atoms with Crippen LogP contribution in [0.4, 0.5) is 0 Å². The number of aryl methyl sites for hydroxylation is 4. The van der Waals surface area contributed by atoms with Gasteiger partial charge in [0.15, 0.2) is 0 Å². The normalized spacial score (nSPS) is 16.7. The van der Waals surface area contributed by atoms with Crippen LogP contribution in [-0.4, -0.2) is 9.19 Å². The Labute approximate surface area is 368 Å². The van der Waals surface area contributed by atoms with Gasteiger partial charge in [-0.05, 0) is 71.6 Å². The maximum Gasteiger partial charge on any atom is 0.452 e. The molecule has 0 unspecified atom stereocenters. The van der Waals surface area contributed by atoms with Crippen molar-refractivity contribution < 1.29 is 27.2 Å². The molecule has 59 heavy (non-hydrogen) atoms. The molecule has 0 saturated heterocycles. The SMILES string of the molecule is Cc1cc2c(c(C(C)(C)C)c1)OP(=O)(C(C(Cl)(Cl)Cl)P1(=O)Oc3c(cc(C)cc3C(C)(C)C)Cc3cc(C)cc(C(C)(C)C)c3O1)Oc1c(cc(C)cc1C(C)(C)C)C2. The Kier molecular flexibility index (Phi) is 11.7. The topological polar surface area (TPSA) is 71.1 Å². The molecule has 4 aromatic rings. The highest BCUT2D eigenvalue weighted by Gasteiger charge is 2.67. The van der Waals surface area contributed by atoms with Crippen molar-refractivity contribution in [2.75, 3.05) is 0 Å². The Bertz CT molecular complexity index is 2120. The van der Waals surface area contributed by atoms with Gasteiger partial charge in [0.1, 0.15) is 23.0 Å². The molecule has 11 heteroatoms. The van der Waals surface area contributed by atoms with Crippen LogP contribution in [0.3, 0.4) is 0 Å². The van der Waals surface area contributed by atoms with E-state index >= 15 is 9.13 Å². The summed E-state index contributed by atoms with van der Waals surface area (Å²) in [5.74, 6) is 1.30. The molecule has 320 valence electrons. The average molecular weight is 902 g/mol. The summed E-state index contributed by atoms with van der Waals surface area (Å²) in [6.07, 6.45) is 0.819. The Morgan fingerprint density at radius 2 is 0.627 bits per heavy atom. The van der Waals surface area contributed by atoms with Gasteiger partial charge in [0.25, 0.3) is 5.40 Å². The van der Waals surface area contributed by atoms with Crippen molar-refractivity contribution in [1.29, 1.82) is 0 Å². The first-order valence-corrected chi connectivity index (χ1v) is 24.7. The third kappa shape index (κ3) is 9.15. The van der Waals surface area contributed by atoms with E-state index in [-0.39, 0.29) is 0 Å². The molecule has 0 spiro atoms. The second-order valence-corrected chi connectivity index (χ2v) is 27.6. The molecule has 6 rings (SSSR count). The first kappa shape index (κ1) is 45.9. The lowest BCUT2D eigenvalue weighted by Gasteiger charge is -2.40. The van der Waals surface area contributed by atoms with E-state index in [1.54, 1.807) is 0 Å².